The van der Waals surface area contributed by atoms with E-state index in [4.69, 9.17) is 14.2 Å². The molecule has 3 N–H and O–H groups in total. The summed E-state index contributed by atoms with van der Waals surface area (Å²) < 4.78 is 15.2. The first-order chi connectivity index (χ1) is 18.4. The number of allylic oxidation sites excluding steroid dienone is 1. The number of amides is 1. The number of nitrogens with one attached hydrogen (secondary N) is 1. The predicted molar refractivity (Wildman–Crippen MR) is 139 cm³/mol. The van der Waals surface area contributed by atoms with Crippen molar-refractivity contribution in [1.82, 2.24) is 5.32 Å². The Balaban J connectivity index is 1.36. The van der Waals surface area contributed by atoms with Crippen molar-refractivity contribution >= 4 is 23.4 Å². The Kier molecular flexibility index (Phi) is 8.71. The van der Waals surface area contributed by atoms with Gasteiger partial charge in [0.15, 0.2) is 18.7 Å². The average molecular weight is 550 g/mol. The summed E-state index contributed by atoms with van der Waals surface area (Å²) >= 11 is 0. The average Bonchev–Trinajstić information content (AvgIpc) is 3.17. The van der Waals surface area contributed by atoms with Crippen LogP contribution in [0.1, 0.15) is 71.6 Å². The van der Waals surface area contributed by atoms with Crippen molar-refractivity contribution in [2.75, 3.05) is 27.4 Å². The molecule has 0 bridgehead atoms. The van der Waals surface area contributed by atoms with Crippen LogP contribution in [0.3, 0.4) is 0 Å². The molecule has 0 spiro atoms. The number of hydrogen-bond acceptors (Lipinski definition) is 9. The van der Waals surface area contributed by atoms with Crippen molar-refractivity contribution in [2.45, 2.75) is 89.6 Å². The molecule has 0 heterocycles. The molecular formula is C29H43NO9. The van der Waals surface area contributed by atoms with Crippen LogP contribution in [0.4, 0.5) is 0 Å². The fourth-order valence-electron chi connectivity index (χ4n) is 8.25. The summed E-state index contributed by atoms with van der Waals surface area (Å²) in [7, 11) is 2.90. The topological polar surface area (TPSA) is 148 Å². The minimum Gasteiger partial charge on any atom is -0.458 e. The number of hydrogen-bond donors (Lipinski definition) is 3. The lowest BCUT2D eigenvalue weighted by Crippen LogP contribution is -2.62. The maximum Gasteiger partial charge on any atom is 0.306 e. The van der Waals surface area contributed by atoms with E-state index in [1.807, 2.05) is 6.92 Å². The van der Waals surface area contributed by atoms with E-state index in [0.717, 1.165) is 24.8 Å². The second-order valence-corrected chi connectivity index (χ2v) is 12.3. The predicted octanol–water partition coefficient (Wildman–Crippen LogP) is 1.85. The number of esters is 1. The molecule has 10 nitrogen and oxygen atoms in total. The Morgan fingerprint density at radius 1 is 1.10 bits per heavy atom. The summed E-state index contributed by atoms with van der Waals surface area (Å²) in [5.74, 6) is -1.34. The Morgan fingerprint density at radius 3 is 2.51 bits per heavy atom. The standard InChI is InChI=1S/C29H43NO9/c1-27-11-9-18(31)13-17(27)5-6-19-20-10-12-29(36,28(20,2)14-21(32)26(19)27)22(33)16-39-24(35)8-7-23(34)30-15-25(37-3)38-4/h13,19-21,25-26,32,36H,5-12,14-16H2,1-4H3,(H,30,34)/t19-,20+,21+,26+,27-,28-,29-/m0/s1. The molecule has 10 heteroatoms. The zero-order valence-electron chi connectivity index (χ0n) is 23.5. The molecule has 0 unspecified atom stereocenters. The molecule has 7 atom stereocenters. The molecule has 4 aliphatic rings. The van der Waals surface area contributed by atoms with Gasteiger partial charge in [0.1, 0.15) is 5.60 Å². The van der Waals surface area contributed by atoms with Gasteiger partial charge in [0.05, 0.1) is 19.1 Å². The largest absolute Gasteiger partial charge is 0.458 e. The minimum absolute atomic E-state index is 0.0202. The number of Topliss-reactive ketones (excluding diaryl/α,β-unsaturated/α-hetero) is 1. The van der Waals surface area contributed by atoms with E-state index in [2.05, 4.69) is 12.2 Å². The van der Waals surface area contributed by atoms with Gasteiger partial charge in [-0.25, -0.2) is 0 Å². The van der Waals surface area contributed by atoms with Crippen molar-refractivity contribution in [3.63, 3.8) is 0 Å². The van der Waals surface area contributed by atoms with Gasteiger partial charge in [0.25, 0.3) is 0 Å². The molecule has 4 rings (SSSR count). The number of methoxy groups -OCH3 is 2. The number of fused-ring (bicyclic) bond motifs is 5. The molecule has 3 saturated carbocycles. The molecule has 0 aliphatic heterocycles. The van der Waals surface area contributed by atoms with Crippen molar-refractivity contribution in [2.24, 2.45) is 28.6 Å². The number of rotatable bonds is 10. The summed E-state index contributed by atoms with van der Waals surface area (Å²) in [6, 6.07) is 0. The van der Waals surface area contributed by atoms with Gasteiger partial charge in [-0.1, -0.05) is 19.4 Å². The lowest BCUT2D eigenvalue weighted by atomic mass is 9.45. The molecule has 0 saturated heterocycles. The molecule has 4 aliphatic carbocycles. The summed E-state index contributed by atoms with van der Waals surface area (Å²) in [5, 5.41) is 25.8. The lowest BCUT2D eigenvalue weighted by Gasteiger charge is -2.60. The van der Waals surface area contributed by atoms with Gasteiger partial charge in [0, 0.05) is 32.5 Å². The van der Waals surface area contributed by atoms with Gasteiger partial charge < -0.3 is 29.7 Å². The smallest absolute Gasteiger partial charge is 0.306 e. The quantitative estimate of drug-likeness (QED) is 0.274. The second-order valence-electron chi connectivity index (χ2n) is 12.3. The molecule has 3 fully saturated rings. The molecule has 218 valence electrons. The summed E-state index contributed by atoms with van der Waals surface area (Å²) in [5.41, 5.74) is -1.68. The van der Waals surface area contributed by atoms with Gasteiger partial charge in [-0.2, -0.15) is 0 Å². The first-order valence-electron chi connectivity index (χ1n) is 14.0. The fraction of sp³-hybridized carbons (Fsp3) is 0.793. The Hall–Kier alpha value is -2.14. The highest BCUT2D eigenvalue weighted by atomic mass is 16.7. The number of carbonyl (C=O) groups excluding carboxylic acids is 4. The third-order valence-corrected chi connectivity index (χ3v) is 10.4. The monoisotopic (exact) mass is 549 g/mol. The van der Waals surface area contributed by atoms with Crippen molar-refractivity contribution in [3.8, 4) is 0 Å². The van der Waals surface area contributed by atoms with E-state index in [9.17, 15) is 29.4 Å². The highest BCUT2D eigenvalue weighted by Crippen LogP contribution is 2.67. The minimum atomic E-state index is -1.71. The highest BCUT2D eigenvalue weighted by Gasteiger charge is 2.68. The third kappa shape index (κ3) is 5.33. The van der Waals surface area contributed by atoms with Gasteiger partial charge in [-0.05, 0) is 67.8 Å². The van der Waals surface area contributed by atoms with E-state index >= 15 is 0 Å². The van der Waals surface area contributed by atoms with E-state index in [-0.39, 0.29) is 67.1 Å². The number of carbonyl (C=O) groups is 4. The normalized spacial score (nSPS) is 37.4. The Morgan fingerprint density at radius 2 is 1.82 bits per heavy atom. The zero-order valence-corrected chi connectivity index (χ0v) is 23.5. The summed E-state index contributed by atoms with van der Waals surface area (Å²) in [6.07, 6.45) is 4.13. The maximum atomic E-state index is 13.3. The molecule has 0 aromatic heterocycles. The van der Waals surface area contributed by atoms with Crippen molar-refractivity contribution in [1.29, 1.82) is 0 Å². The van der Waals surface area contributed by atoms with Crippen LogP contribution in [-0.4, -0.2) is 79.0 Å². The molecular weight excluding hydrogens is 506 g/mol. The zero-order chi connectivity index (χ0) is 28.6. The summed E-state index contributed by atoms with van der Waals surface area (Å²) in [6.45, 7) is 3.60. The van der Waals surface area contributed by atoms with Gasteiger partial charge >= 0.3 is 5.97 Å². The maximum absolute atomic E-state index is 13.3. The lowest BCUT2D eigenvalue weighted by molar-refractivity contribution is -0.184. The second kappa shape index (κ2) is 11.4. The van der Waals surface area contributed by atoms with Crippen LogP contribution >= 0.6 is 0 Å². The van der Waals surface area contributed by atoms with Gasteiger partial charge in [-0.3, -0.25) is 19.2 Å². The molecule has 0 aromatic carbocycles. The Bertz CT molecular complexity index is 1020. The number of aliphatic hydroxyl groups is 2. The van der Waals surface area contributed by atoms with Crippen molar-refractivity contribution < 1.29 is 43.6 Å². The van der Waals surface area contributed by atoms with Crippen LogP contribution in [0.25, 0.3) is 0 Å². The number of aliphatic hydroxyl groups excluding tert-OH is 1. The number of ketones is 2. The molecule has 0 radical (unpaired) electrons. The van der Waals surface area contributed by atoms with E-state index in [0.29, 0.717) is 12.8 Å². The van der Waals surface area contributed by atoms with Crippen LogP contribution in [0.5, 0.6) is 0 Å². The Labute approximate surface area is 229 Å². The number of ether oxygens (including phenoxy) is 3. The van der Waals surface area contributed by atoms with Crippen LogP contribution in [0.2, 0.25) is 0 Å². The summed E-state index contributed by atoms with van der Waals surface area (Å²) in [4.78, 5) is 49.7. The van der Waals surface area contributed by atoms with Crippen LogP contribution in [0, 0.1) is 28.6 Å². The van der Waals surface area contributed by atoms with Crippen LogP contribution < -0.4 is 5.32 Å². The van der Waals surface area contributed by atoms with E-state index < -0.39 is 41.8 Å². The molecule has 0 aromatic rings. The molecule has 1 amide bonds. The van der Waals surface area contributed by atoms with Crippen LogP contribution in [0.15, 0.2) is 11.6 Å². The van der Waals surface area contributed by atoms with Gasteiger partial charge in [-0.15, -0.1) is 0 Å². The van der Waals surface area contributed by atoms with Gasteiger partial charge in [0.2, 0.25) is 11.7 Å². The fourth-order valence-corrected chi connectivity index (χ4v) is 8.25. The SMILES string of the molecule is COC(CNC(=O)CCC(=O)OCC(=O)[C@@]1(O)CC[C@@H]2[C@@H]3CCC4=CC(=O)CC[C@]4(C)[C@H]3[C@H](O)C[C@@]21C)OC. The van der Waals surface area contributed by atoms with E-state index in [1.54, 1.807) is 6.08 Å². The third-order valence-electron chi connectivity index (χ3n) is 10.4. The van der Waals surface area contributed by atoms with Crippen molar-refractivity contribution in [3.05, 3.63) is 11.6 Å². The molecule has 39 heavy (non-hydrogen) atoms. The first-order valence-corrected chi connectivity index (χ1v) is 14.0. The van der Waals surface area contributed by atoms with E-state index in [1.165, 1.54) is 14.2 Å². The first kappa shape index (κ1) is 29.8. The van der Waals surface area contributed by atoms with Crippen LogP contribution in [-0.2, 0) is 33.4 Å². The highest BCUT2D eigenvalue weighted by molar-refractivity contribution is 5.92.